The summed E-state index contributed by atoms with van der Waals surface area (Å²) in [6.07, 6.45) is 7.95. The maximum atomic E-state index is 3.97. The predicted molar refractivity (Wildman–Crippen MR) is 56.4 cm³/mol. The minimum atomic E-state index is 0.942. The topological polar surface area (TPSA) is 28.7 Å². The van der Waals surface area contributed by atoms with E-state index >= 15 is 0 Å². The first kappa shape index (κ1) is 9.78. The predicted octanol–water partition coefficient (Wildman–Crippen LogP) is 2.95. The van der Waals surface area contributed by atoms with Crippen LogP contribution >= 0.6 is 0 Å². The summed E-state index contributed by atoms with van der Waals surface area (Å²) in [5.41, 5.74) is 3.65. The molecule has 0 saturated heterocycles. The molecule has 0 bridgehead atoms. The third kappa shape index (κ3) is 2.58. The van der Waals surface area contributed by atoms with Crippen LogP contribution < -0.4 is 0 Å². The number of aromatic amines is 1. The number of hydrogen-bond acceptors (Lipinski definition) is 1. The first-order valence-electron chi connectivity index (χ1n) is 4.58. The number of rotatable bonds is 4. The van der Waals surface area contributed by atoms with Crippen molar-refractivity contribution < 1.29 is 0 Å². The van der Waals surface area contributed by atoms with Gasteiger partial charge >= 0.3 is 0 Å². The van der Waals surface area contributed by atoms with Gasteiger partial charge in [0.1, 0.15) is 0 Å². The van der Waals surface area contributed by atoms with Crippen molar-refractivity contribution in [2.24, 2.45) is 0 Å². The second-order valence-electron chi connectivity index (χ2n) is 3.12. The molecule has 13 heavy (non-hydrogen) atoms. The summed E-state index contributed by atoms with van der Waals surface area (Å²) in [5, 5.41) is 6.87. The maximum Gasteiger partial charge on any atom is 0.0607 e. The fraction of sp³-hybridized carbons (Fsp3) is 0.364. The van der Waals surface area contributed by atoms with Crippen molar-refractivity contribution in [3.05, 3.63) is 35.7 Å². The lowest BCUT2D eigenvalue weighted by molar-refractivity contribution is 1.07. The molecule has 0 fully saturated rings. The lowest BCUT2D eigenvalue weighted by Crippen LogP contribution is -1.83. The Labute approximate surface area is 79.4 Å². The van der Waals surface area contributed by atoms with E-state index in [0.717, 1.165) is 18.5 Å². The standard InChI is InChI=1S/C11H16N2/c1-4-9(3)6-7-10-8-12-13-11(10)5-2/h5-6,8H,2,4,7H2,1,3H3,(H,12,13)/b9-6+. The second-order valence-corrected chi connectivity index (χ2v) is 3.12. The number of nitrogens with one attached hydrogen (secondary N) is 1. The molecule has 0 unspecified atom stereocenters. The molecule has 1 heterocycles. The summed E-state index contributed by atoms with van der Waals surface area (Å²) in [6, 6.07) is 0. The van der Waals surface area contributed by atoms with Crippen LogP contribution in [0.5, 0.6) is 0 Å². The van der Waals surface area contributed by atoms with Gasteiger partial charge in [-0.15, -0.1) is 0 Å². The quantitative estimate of drug-likeness (QED) is 0.702. The Balaban J connectivity index is 2.69. The molecule has 0 aliphatic carbocycles. The SMILES string of the molecule is C=Cc1[nH]ncc1C/C=C(\C)CC. The van der Waals surface area contributed by atoms with Crippen LogP contribution in [0.3, 0.4) is 0 Å². The van der Waals surface area contributed by atoms with Gasteiger partial charge in [0.25, 0.3) is 0 Å². The van der Waals surface area contributed by atoms with E-state index in [9.17, 15) is 0 Å². The maximum absolute atomic E-state index is 3.97. The van der Waals surface area contributed by atoms with Crippen molar-refractivity contribution in [1.82, 2.24) is 10.2 Å². The third-order valence-corrected chi connectivity index (χ3v) is 2.18. The molecule has 1 aromatic heterocycles. The number of hydrogen-bond donors (Lipinski definition) is 1. The fourth-order valence-corrected chi connectivity index (χ4v) is 1.09. The molecule has 0 radical (unpaired) electrons. The molecule has 0 saturated carbocycles. The molecule has 70 valence electrons. The van der Waals surface area contributed by atoms with E-state index in [2.05, 4.69) is 36.7 Å². The number of aromatic nitrogens is 2. The molecule has 0 aliphatic heterocycles. The molecular formula is C11H16N2. The highest BCUT2D eigenvalue weighted by atomic mass is 15.1. The van der Waals surface area contributed by atoms with Crippen LogP contribution in [0.4, 0.5) is 0 Å². The monoisotopic (exact) mass is 176 g/mol. The summed E-state index contributed by atoms with van der Waals surface area (Å²) >= 11 is 0. The Kier molecular flexibility index (Phi) is 3.50. The average molecular weight is 176 g/mol. The molecular weight excluding hydrogens is 160 g/mol. The Morgan fingerprint density at radius 2 is 2.46 bits per heavy atom. The van der Waals surface area contributed by atoms with Crippen molar-refractivity contribution in [2.45, 2.75) is 26.7 Å². The lowest BCUT2D eigenvalue weighted by atomic mass is 10.1. The van der Waals surface area contributed by atoms with Gasteiger partial charge in [-0.3, -0.25) is 5.10 Å². The molecule has 0 amide bonds. The van der Waals surface area contributed by atoms with Gasteiger partial charge in [0, 0.05) is 5.56 Å². The molecule has 0 aliphatic rings. The van der Waals surface area contributed by atoms with Crippen LogP contribution in [0.1, 0.15) is 31.5 Å². The van der Waals surface area contributed by atoms with E-state index in [1.165, 1.54) is 11.1 Å². The van der Waals surface area contributed by atoms with Gasteiger partial charge in [-0.2, -0.15) is 5.10 Å². The van der Waals surface area contributed by atoms with Crippen molar-refractivity contribution in [2.75, 3.05) is 0 Å². The van der Waals surface area contributed by atoms with E-state index in [0.29, 0.717) is 0 Å². The molecule has 0 spiro atoms. The Hall–Kier alpha value is -1.31. The Bertz CT molecular complexity index is 308. The molecule has 2 heteroatoms. The first-order chi connectivity index (χ1) is 6.27. The van der Waals surface area contributed by atoms with Gasteiger partial charge in [0.2, 0.25) is 0 Å². The molecule has 0 atom stereocenters. The molecule has 1 rings (SSSR count). The summed E-state index contributed by atoms with van der Waals surface area (Å²) in [4.78, 5) is 0. The second kappa shape index (κ2) is 4.65. The molecule has 1 aromatic rings. The van der Waals surface area contributed by atoms with E-state index in [1.807, 2.05) is 6.20 Å². The zero-order valence-corrected chi connectivity index (χ0v) is 8.30. The highest BCUT2D eigenvalue weighted by molar-refractivity contribution is 5.46. The highest BCUT2D eigenvalue weighted by Gasteiger charge is 1.98. The Morgan fingerprint density at radius 3 is 3.08 bits per heavy atom. The summed E-state index contributed by atoms with van der Waals surface area (Å²) < 4.78 is 0. The van der Waals surface area contributed by atoms with Crippen LogP contribution in [0.25, 0.3) is 6.08 Å². The Morgan fingerprint density at radius 1 is 1.69 bits per heavy atom. The van der Waals surface area contributed by atoms with Gasteiger partial charge in [0.05, 0.1) is 11.9 Å². The third-order valence-electron chi connectivity index (χ3n) is 2.18. The van der Waals surface area contributed by atoms with Gasteiger partial charge in [-0.1, -0.05) is 25.2 Å². The van der Waals surface area contributed by atoms with Gasteiger partial charge in [-0.05, 0) is 25.8 Å². The normalized spacial score (nSPS) is 11.7. The zero-order chi connectivity index (χ0) is 9.68. The van der Waals surface area contributed by atoms with Crippen molar-refractivity contribution in [1.29, 1.82) is 0 Å². The minimum absolute atomic E-state index is 0.942. The first-order valence-corrected chi connectivity index (χ1v) is 4.58. The lowest BCUT2D eigenvalue weighted by Gasteiger charge is -1.96. The van der Waals surface area contributed by atoms with Crippen molar-refractivity contribution in [3.8, 4) is 0 Å². The van der Waals surface area contributed by atoms with E-state index in [1.54, 1.807) is 6.08 Å². The number of nitrogens with zero attached hydrogens (tertiary/aromatic N) is 1. The summed E-state index contributed by atoms with van der Waals surface area (Å²) in [7, 11) is 0. The fourth-order valence-electron chi connectivity index (χ4n) is 1.09. The summed E-state index contributed by atoms with van der Waals surface area (Å²) in [6.45, 7) is 8.03. The van der Waals surface area contributed by atoms with E-state index in [-0.39, 0.29) is 0 Å². The molecule has 1 N–H and O–H groups in total. The van der Waals surface area contributed by atoms with E-state index in [4.69, 9.17) is 0 Å². The largest absolute Gasteiger partial charge is 0.278 e. The van der Waals surface area contributed by atoms with Gasteiger partial charge < -0.3 is 0 Å². The minimum Gasteiger partial charge on any atom is -0.278 e. The smallest absolute Gasteiger partial charge is 0.0607 e. The zero-order valence-electron chi connectivity index (χ0n) is 8.30. The molecule has 0 aromatic carbocycles. The summed E-state index contributed by atoms with van der Waals surface area (Å²) in [5.74, 6) is 0. The van der Waals surface area contributed by atoms with Crippen LogP contribution in [0.15, 0.2) is 24.4 Å². The number of H-pyrrole nitrogens is 1. The van der Waals surface area contributed by atoms with Crippen molar-refractivity contribution in [3.63, 3.8) is 0 Å². The average Bonchev–Trinajstić information content (AvgIpc) is 2.61. The van der Waals surface area contributed by atoms with Crippen LogP contribution in [0, 0.1) is 0 Å². The van der Waals surface area contributed by atoms with Crippen LogP contribution in [-0.2, 0) is 6.42 Å². The van der Waals surface area contributed by atoms with Gasteiger partial charge in [-0.25, -0.2) is 0 Å². The van der Waals surface area contributed by atoms with Gasteiger partial charge in [0.15, 0.2) is 0 Å². The van der Waals surface area contributed by atoms with Crippen LogP contribution in [0.2, 0.25) is 0 Å². The number of allylic oxidation sites excluding steroid dienone is 2. The highest BCUT2D eigenvalue weighted by Crippen LogP contribution is 2.09. The van der Waals surface area contributed by atoms with E-state index < -0.39 is 0 Å². The van der Waals surface area contributed by atoms with Crippen molar-refractivity contribution >= 4 is 6.08 Å². The van der Waals surface area contributed by atoms with Crippen LogP contribution in [-0.4, -0.2) is 10.2 Å². The molecule has 2 nitrogen and oxygen atoms in total.